The molecular weight excluding hydrogens is 353 g/mol. The summed E-state index contributed by atoms with van der Waals surface area (Å²) in [5.74, 6) is -5.62. The van der Waals surface area contributed by atoms with E-state index < -0.39 is 53.8 Å². The van der Waals surface area contributed by atoms with Gasteiger partial charge in [-0.3, -0.25) is 14.4 Å². The van der Waals surface area contributed by atoms with Crippen LogP contribution in [0.15, 0.2) is 18.2 Å². The molecule has 1 aliphatic carbocycles. The van der Waals surface area contributed by atoms with Gasteiger partial charge in [0, 0.05) is 26.9 Å². The Labute approximate surface area is 147 Å². The van der Waals surface area contributed by atoms with Gasteiger partial charge in [-0.05, 0) is 18.2 Å². The van der Waals surface area contributed by atoms with Crippen molar-refractivity contribution in [3.8, 4) is 5.75 Å². The number of Topliss-reactive ketones (excluding diaryl/α,β-unsaturated/α-hetero) is 1. The predicted octanol–water partition coefficient (Wildman–Crippen LogP) is 1.53. The average Bonchev–Trinajstić information content (AvgIpc) is 2.52. The highest BCUT2D eigenvalue weighted by Gasteiger charge is 2.62. The number of ether oxygens (including phenoxy) is 1. The normalized spacial score (nSPS) is 22.5. The summed E-state index contributed by atoms with van der Waals surface area (Å²) in [5, 5.41) is 2.34. The first-order valence-electron chi connectivity index (χ1n) is 7.94. The fourth-order valence-electron chi connectivity index (χ4n) is 3.31. The summed E-state index contributed by atoms with van der Waals surface area (Å²) >= 11 is 0. The number of rotatable bonds is 3. The molecule has 1 N–H and O–H groups in total. The molecule has 2 amide bonds. The SMILES string of the molecule is CN(C)C(=O)C1(NC(=O)C2CC(=O)c3cc(F)ccc3O2)CC(F)(F)C1. The van der Waals surface area contributed by atoms with E-state index in [9.17, 15) is 27.6 Å². The number of alkyl halides is 2. The van der Waals surface area contributed by atoms with Gasteiger partial charge in [0.2, 0.25) is 5.91 Å². The zero-order valence-corrected chi connectivity index (χ0v) is 14.1. The summed E-state index contributed by atoms with van der Waals surface area (Å²) in [7, 11) is 2.80. The largest absolute Gasteiger partial charge is 0.479 e. The number of carbonyl (C=O) groups excluding carboxylic acids is 3. The van der Waals surface area contributed by atoms with Crippen LogP contribution in [-0.4, -0.2) is 54.2 Å². The third-order valence-corrected chi connectivity index (χ3v) is 4.47. The number of carbonyl (C=O) groups is 3. The molecule has 1 unspecified atom stereocenters. The maximum Gasteiger partial charge on any atom is 0.262 e. The lowest BCUT2D eigenvalue weighted by Gasteiger charge is -2.47. The number of amides is 2. The van der Waals surface area contributed by atoms with Crippen molar-refractivity contribution in [1.82, 2.24) is 10.2 Å². The van der Waals surface area contributed by atoms with Gasteiger partial charge < -0.3 is 15.0 Å². The molecule has 140 valence electrons. The number of halogens is 3. The molecule has 0 radical (unpaired) electrons. The van der Waals surface area contributed by atoms with E-state index in [1.165, 1.54) is 20.2 Å². The number of ketones is 1. The summed E-state index contributed by atoms with van der Waals surface area (Å²) in [4.78, 5) is 38.0. The second-order valence-electron chi connectivity index (χ2n) is 6.85. The molecule has 2 aliphatic rings. The van der Waals surface area contributed by atoms with Crippen LogP contribution < -0.4 is 10.1 Å². The molecule has 26 heavy (non-hydrogen) atoms. The van der Waals surface area contributed by atoms with Crippen LogP contribution >= 0.6 is 0 Å². The lowest BCUT2D eigenvalue weighted by atomic mass is 9.72. The van der Waals surface area contributed by atoms with E-state index in [1.54, 1.807) is 0 Å². The van der Waals surface area contributed by atoms with E-state index >= 15 is 0 Å². The molecular formula is C17H17F3N2O4. The highest BCUT2D eigenvalue weighted by atomic mass is 19.3. The summed E-state index contributed by atoms with van der Waals surface area (Å²) < 4.78 is 45.5. The van der Waals surface area contributed by atoms with Crippen molar-refractivity contribution in [2.45, 2.75) is 36.8 Å². The van der Waals surface area contributed by atoms with Crippen molar-refractivity contribution in [2.75, 3.05) is 14.1 Å². The van der Waals surface area contributed by atoms with Crippen molar-refractivity contribution < 1.29 is 32.3 Å². The first-order valence-corrected chi connectivity index (χ1v) is 7.94. The van der Waals surface area contributed by atoms with Gasteiger partial charge in [0.05, 0.1) is 12.0 Å². The number of hydrogen-bond donors (Lipinski definition) is 1. The fourth-order valence-corrected chi connectivity index (χ4v) is 3.31. The first kappa shape index (κ1) is 18.2. The van der Waals surface area contributed by atoms with Crippen molar-refractivity contribution in [1.29, 1.82) is 0 Å². The average molecular weight is 370 g/mol. The van der Waals surface area contributed by atoms with Crippen LogP contribution in [0.5, 0.6) is 5.75 Å². The second kappa shape index (κ2) is 6.00. The summed E-state index contributed by atoms with van der Waals surface area (Å²) in [6.45, 7) is 0. The Morgan fingerprint density at radius 2 is 1.92 bits per heavy atom. The van der Waals surface area contributed by atoms with E-state index in [0.717, 1.165) is 17.0 Å². The number of fused-ring (bicyclic) bond motifs is 1. The van der Waals surface area contributed by atoms with Crippen LogP contribution in [0.1, 0.15) is 29.6 Å². The topological polar surface area (TPSA) is 75.7 Å². The highest BCUT2D eigenvalue weighted by molar-refractivity contribution is 6.04. The minimum atomic E-state index is -3.05. The van der Waals surface area contributed by atoms with Crippen LogP contribution in [0.3, 0.4) is 0 Å². The van der Waals surface area contributed by atoms with E-state index in [-0.39, 0.29) is 17.7 Å². The van der Waals surface area contributed by atoms with Crippen LogP contribution in [0.4, 0.5) is 13.2 Å². The molecule has 1 atom stereocenters. The Morgan fingerprint density at radius 3 is 2.50 bits per heavy atom. The molecule has 9 heteroatoms. The van der Waals surface area contributed by atoms with Gasteiger partial charge >= 0.3 is 0 Å². The molecule has 1 heterocycles. The maximum atomic E-state index is 13.4. The molecule has 0 spiro atoms. The van der Waals surface area contributed by atoms with E-state index in [0.29, 0.717) is 0 Å². The summed E-state index contributed by atoms with van der Waals surface area (Å²) in [6.07, 6.45) is -3.28. The minimum Gasteiger partial charge on any atom is -0.479 e. The Kier molecular flexibility index (Phi) is 4.20. The Balaban J connectivity index is 1.78. The van der Waals surface area contributed by atoms with Crippen molar-refractivity contribution in [3.05, 3.63) is 29.6 Å². The highest BCUT2D eigenvalue weighted by Crippen LogP contribution is 2.46. The van der Waals surface area contributed by atoms with E-state index in [4.69, 9.17) is 4.74 Å². The lowest BCUT2D eigenvalue weighted by Crippen LogP contribution is -2.70. The number of nitrogens with one attached hydrogen (secondary N) is 1. The molecule has 1 fully saturated rings. The van der Waals surface area contributed by atoms with E-state index in [2.05, 4.69) is 5.32 Å². The van der Waals surface area contributed by atoms with Gasteiger partial charge in [0.15, 0.2) is 11.9 Å². The molecule has 3 rings (SSSR count). The molecule has 1 aliphatic heterocycles. The number of likely N-dealkylation sites (N-methyl/N-ethyl adjacent to an activating group) is 1. The van der Waals surface area contributed by atoms with Gasteiger partial charge in [-0.2, -0.15) is 0 Å². The van der Waals surface area contributed by atoms with Crippen LogP contribution in [0.2, 0.25) is 0 Å². The maximum absolute atomic E-state index is 13.4. The van der Waals surface area contributed by atoms with Gasteiger partial charge in [-0.15, -0.1) is 0 Å². The Bertz CT molecular complexity index is 786. The van der Waals surface area contributed by atoms with Crippen LogP contribution in [-0.2, 0) is 9.59 Å². The second-order valence-corrected chi connectivity index (χ2v) is 6.85. The van der Waals surface area contributed by atoms with Gasteiger partial charge in [0.25, 0.3) is 11.8 Å². The molecule has 1 aromatic rings. The smallest absolute Gasteiger partial charge is 0.262 e. The minimum absolute atomic E-state index is 0.0170. The van der Waals surface area contributed by atoms with Crippen LogP contribution in [0.25, 0.3) is 0 Å². The van der Waals surface area contributed by atoms with Crippen LogP contribution in [0, 0.1) is 5.82 Å². The van der Waals surface area contributed by atoms with Crippen molar-refractivity contribution >= 4 is 17.6 Å². The third-order valence-electron chi connectivity index (χ3n) is 4.47. The lowest BCUT2D eigenvalue weighted by molar-refractivity contribution is -0.173. The summed E-state index contributed by atoms with van der Waals surface area (Å²) in [6, 6.07) is 3.31. The number of benzene rings is 1. The van der Waals surface area contributed by atoms with Gasteiger partial charge in [0.1, 0.15) is 17.1 Å². The molecule has 0 aromatic heterocycles. The molecule has 1 saturated carbocycles. The summed E-state index contributed by atoms with van der Waals surface area (Å²) in [5.41, 5.74) is -1.71. The van der Waals surface area contributed by atoms with Crippen molar-refractivity contribution in [3.63, 3.8) is 0 Å². The number of hydrogen-bond acceptors (Lipinski definition) is 4. The van der Waals surface area contributed by atoms with E-state index in [1.807, 2.05) is 0 Å². The zero-order chi connectivity index (χ0) is 19.3. The molecule has 0 saturated heterocycles. The monoisotopic (exact) mass is 370 g/mol. The van der Waals surface area contributed by atoms with Gasteiger partial charge in [-0.25, -0.2) is 13.2 Å². The Hall–Kier alpha value is -2.58. The zero-order valence-electron chi connectivity index (χ0n) is 14.1. The predicted molar refractivity (Wildman–Crippen MR) is 83.5 cm³/mol. The quantitative estimate of drug-likeness (QED) is 0.876. The first-order chi connectivity index (χ1) is 12.0. The number of nitrogens with zero attached hydrogens (tertiary/aromatic N) is 1. The molecule has 0 bridgehead atoms. The third kappa shape index (κ3) is 3.13. The molecule has 6 nitrogen and oxygen atoms in total. The fraction of sp³-hybridized carbons (Fsp3) is 0.471. The van der Waals surface area contributed by atoms with Crippen molar-refractivity contribution in [2.24, 2.45) is 0 Å². The Morgan fingerprint density at radius 1 is 1.27 bits per heavy atom. The molecule has 1 aromatic carbocycles. The standard InChI is InChI=1S/C17H17F3N2O4/c1-22(2)15(25)16(7-17(19,20)8-16)21-14(24)13-6-11(23)10-5-9(18)3-4-12(10)26-13/h3-5,13H,6-8H2,1-2H3,(H,21,24). The van der Waals surface area contributed by atoms with Gasteiger partial charge in [-0.1, -0.05) is 0 Å².